The Balaban J connectivity index is 2.16. The molecule has 0 bridgehead atoms. The Morgan fingerprint density at radius 1 is 0.892 bits per heavy atom. The number of amides is 4. The van der Waals surface area contributed by atoms with E-state index in [1.807, 2.05) is 5.32 Å². The highest BCUT2D eigenvalue weighted by Crippen LogP contribution is 2.21. The van der Waals surface area contributed by atoms with Crippen molar-refractivity contribution in [1.29, 1.82) is 0 Å². The molecule has 2 aromatic carbocycles. The minimum atomic E-state index is -3.30. The average molecular weight is 512 g/mol. The third-order valence-corrected chi connectivity index (χ3v) is 5.07. The van der Waals surface area contributed by atoms with E-state index >= 15 is 0 Å². The highest BCUT2D eigenvalue weighted by atomic mass is 19.3. The summed E-state index contributed by atoms with van der Waals surface area (Å²) in [4.78, 5) is 47.3. The molecule has 2 atom stereocenters. The van der Waals surface area contributed by atoms with Gasteiger partial charge in [-0.2, -0.15) is 0 Å². The van der Waals surface area contributed by atoms with Crippen LogP contribution in [0.2, 0.25) is 0 Å². The molecule has 0 aliphatic heterocycles. The normalized spacial score (nSPS) is 12.4. The van der Waals surface area contributed by atoms with Crippen LogP contribution >= 0.6 is 0 Å². The molecule has 0 aromatic heterocycles. The summed E-state index contributed by atoms with van der Waals surface area (Å²) >= 11 is 0. The molecule has 37 heavy (non-hydrogen) atoms. The van der Waals surface area contributed by atoms with Crippen molar-refractivity contribution in [3.05, 3.63) is 70.8 Å². The van der Waals surface area contributed by atoms with Crippen molar-refractivity contribution >= 4 is 23.8 Å². The van der Waals surface area contributed by atoms with Crippen molar-refractivity contribution in [2.45, 2.75) is 24.9 Å². The van der Waals surface area contributed by atoms with Crippen molar-refractivity contribution in [2.24, 2.45) is 0 Å². The summed E-state index contributed by atoms with van der Waals surface area (Å²) in [5.74, 6) is 7.38. The monoisotopic (exact) mass is 512 g/mol. The van der Waals surface area contributed by atoms with E-state index in [0.29, 0.717) is 11.1 Å². The number of carbonyl (C=O) groups is 4. The summed E-state index contributed by atoms with van der Waals surface area (Å²) in [6.07, 6.45) is -3.30. The zero-order chi connectivity index (χ0) is 27.6. The van der Waals surface area contributed by atoms with E-state index in [2.05, 4.69) is 34.3 Å². The number of hydroxylamine groups is 1. The molecule has 6 N–H and O–H groups in total. The lowest BCUT2D eigenvalue weighted by atomic mass is 9.91. The number of carboxylic acids is 1. The third-order valence-electron chi connectivity index (χ3n) is 5.07. The molecule has 0 saturated heterocycles. The quantitative estimate of drug-likeness (QED) is 0.187. The van der Waals surface area contributed by atoms with Gasteiger partial charge < -0.3 is 21.1 Å². The van der Waals surface area contributed by atoms with Gasteiger partial charge in [0.25, 0.3) is 18.2 Å². The van der Waals surface area contributed by atoms with Crippen LogP contribution in [0.25, 0.3) is 0 Å². The maximum absolute atomic E-state index is 13.8. The van der Waals surface area contributed by atoms with Crippen LogP contribution in [-0.2, 0) is 4.79 Å². The molecule has 192 valence electrons. The zero-order valence-corrected chi connectivity index (χ0v) is 19.6. The highest BCUT2D eigenvalue weighted by molar-refractivity contribution is 5.98. The van der Waals surface area contributed by atoms with E-state index in [1.165, 1.54) is 48.9 Å². The summed E-state index contributed by atoms with van der Waals surface area (Å²) in [6, 6.07) is 8.42. The van der Waals surface area contributed by atoms with E-state index in [1.54, 1.807) is 12.1 Å². The van der Waals surface area contributed by atoms with Crippen LogP contribution in [0.1, 0.15) is 38.8 Å². The van der Waals surface area contributed by atoms with E-state index in [4.69, 9.17) is 10.3 Å². The third kappa shape index (κ3) is 7.52. The second-order valence-electron chi connectivity index (χ2n) is 7.63. The van der Waals surface area contributed by atoms with Gasteiger partial charge in [0.15, 0.2) is 0 Å². The van der Waals surface area contributed by atoms with Gasteiger partial charge in [-0.25, -0.2) is 23.9 Å². The van der Waals surface area contributed by atoms with Crippen molar-refractivity contribution < 1.29 is 38.3 Å². The summed E-state index contributed by atoms with van der Waals surface area (Å²) < 4.78 is 27.7. The van der Waals surface area contributed by atoms with Crippen LogP contribution in [0.3, 0.4) is 0 Å². The SMILES string of the molecule is CNC(=O)NC(C)(C(F)F)C(NC(=O)c1ccc(C#CC#Cc2ccc(C(=O)O)cc2)cc1)C(=O)NO. The average Bonchev–Trinajstić information content (AvgIpc) is 2.89. The van der Waals surface area contributed by atoms with Crippen molar-refractivity contribution in [2.75, 3.05) is 7.05 Å². The van der Waals surface area contributed by atoms with E-state index < -0.39 is 41.8 Å². The Kier molecular flexibility index (Phi) is 9.69. The molecule has 0 aliphatic carbocycles. The van der Waals surface area contributed by atoms with Crippen molar-refractivity contribution in [3.8, 4) is 23.7 Å². The second-order valence-corrected chi connectivity index (χ2v) is 7.63. The predicted octanol–water partition coefficient (Wildman–Crippen LogP) is 1.34. The summed E-state index contributed by atoms with van der Waals surface area (Å²) in [5, 5.41) is 24.0. The fraction of sp³-hybridized carbons (Fsp3) is 0.200. The first kappa shape index (κ1) is 28.3. The number of alkyl halides is 2. The molecule has 0 spiro atoms. The molecule has 4 amide bonds. The van der Waals surface area contributed by atoms with Gasteiger partial charge in [0, 0.05) is 23.7 Å². The van der Waals surface area contributed by atoms with Crippen LogP contribution in [0.4, 0.5) is 13.6 Å². The Morgan fingerprint density at radius 2 is 1.38 bits per heavy atom. The highest BCUT2D eigenvalue weighted by Gasteiger charge is 2.48. The summed E-state index contributed by atoms with van der Waals surface area (Å²) in [6.45, 7) is 0.841. The smallest absolute Gasteiger partial charge is 0.335 e. The van der Waals surface area contributed by atoms with Crippen LogP contribution in [-0.4, -0.2) is 59.2 Å². The molecule has 2 rings (SSSR count). The van der Waals surface area contributed by atoms with Gasteiger partial charge in [0.05, 0.1) is 5.56 Å². The van der Waals surface area contributed by atoms with Gasteiger partial charge >= 0.3 is 12.0 Å². The minimum absolute atomic E-state index is 0.0116. The molecule has 2 unspecified atom stereocenters. The predicted molar refractivity (Wildman–Crippen MR) is 127 cm³/mol. The van der Waals surface area contributed by atoms with Crippen molar-refractivity contribution in [1.82, 2.24) is 21.4 Å². The van der Waals surface area contributed by atoms with Crippen LogP contribution in [0.5, 0.6) is 0 Å². The number of hydrogen-bond donors (Lipinski definition) is 6. The molecule has 2 aromatic rings. The van der Waals surface area contributed by atoms with Crippen LogP contribution in [0.15, 0.2) is 48.5 Å². The lowest BCUT2D eigenvalue weighted by Gasteiger charge is -2.36. The topological polar surface area (TPSA) is 157 Å². The first-order valence-electron chi connectivity index (χ1n) is 10.5. The number of carboxylic acid groups (broad SMARTS) is 1. The Bertz CT molecular complexity index is 1290. The van der Waals surface area contributed by atoms with E-state index in [-0.39, 0.29) is 11.1 Å². The summed E-state index contributed by atoms with van der Waals surface area (Å²) in [7, 11) is 1.18. The van der Waals surface area contributed by atoms with Gasteiger partial charge in [-0.05, 0) is 67.3 Å². The second kappa shape index (κ2) is 12.7. The molecule has 12 heteroatoms. The van der Waals surface area contributed by atoms with E-state index in [0.717, 1.165) is 6.92 Å². The van der Waals surface area contributed by atoms with Gasteiger partial charge in [0.2, 0.25) is 0 Å². The number of rotatable bonds is 7. The number of benzene rings is 2. The molecular formula is C25H22F2N4O6. The van der Waals surface area contributed by atoms with Gasteiger partial charge in [-0.1, -0.05) is 11.8 Å². The van der Waals surface area contributed by atoms with Gasteiger partial charge in [0.1, 0.15) is 11.6 Å². The lowest BCUT2D eigenvalue weighted by molar-refractivity contribution is -0.135. The van der Waals surface area contributed by atoms with E-state index in [9.17, 15) is 28.0 Å². The zero-order valence-electron chi connectivity index (χ0n) is 19.6. The lowest BCUT2D eigenvalue weighted by Crippen LogP contribution is -2.69. The molecular weight excluding hydrogens is 490 g/mol. The van der Waals surface area contributed by atoms with Crippen LogP contribution in [0, 0.1) is 23.7 Å². The number of halogens is 2. The number of hydrogen-bond acceptors (Lipinski definition) is 5. The molecule has 0 aliphatic rings. The summed E-state index contributed by atoms with van der Waals surface area (Å²) in [5.41, 5.74) is -0.203. The van der Waals surface area contributed by atoms with Gasteiger partial charge in [-0.3, -0.25) is 14.8 Å². The molecule has 0 radical (unpaired) electrons. The largest absolute Gasteiger partial charge is 0.478 e. The first-order valence-corrected chi connectivity index (χ1v) is 10.5. The first-order chi connectivity index (χ1) is 17.5. The standard InChI is InChI=1S/C25H22F2N4O6/c1-25(23(26)27,30-24(36)28-2)19(21(33)31-37)29-20(32)17-11-7-15(8-12-17)5-3-4-6-16-9-13-18(14-10-16)22(34)35/h7-14,19,23,37H,1-2H3,(H,29,32)(H,31,33)(H,34,35)(H2,28,30,36). The maximum Gasteiger partial charge on any atom is 0.335 e. The maximum atomic E-state index is 13.8. The Hall–Kier alpha value is -4.94. The number of carbonyl (C=O) groups excluding carboxylic acids is 3. The number of nitrogens with one attached hydrogen (secondary N) is 4. The number of urea groups is 1. The fourth-order valence-electron chi connectivity index (χ4n) is 2.93. The molecule has 0 saturated carbocycles. The molecule has 0 fully saturated rings. The van der Waals surface area contributed by atoms with Crippen LogP contribution < -0.4 is 21.4 Å². The fourth-order valence-corrected chi connectivity index (χ4v) is 2.93. The number of aromatic carboxylic acids is 1. The minimum Gasteiger partial charge on any atom is -0.478 e. The Labute approximate surface area is 210 Å². The van der Waals surface area contributed by atoms with Crippen molar-refractivity contribution in [3.63, 3.8) is 0 Å². The van der Waals surface area contributed by atoms with Gasteiger partial charge in [-0.15, -0.1) is 0 Å². The molecule has 10 nitrogen and oxygen atoms in total. The molecule has 0 heterocycles. The Morgan fingerprint density at radius 3 is 1.78 bits per heavy atom.